The third kappa shape index (κ3) is 4.23. The van der Waals surface area contributed by atoms with Gasteiger partial charge < -0.3 is 0 Å². The first-order valence-corrected chi connectivity index (χ1v) is 9.72. The van der Waals surface area contributed by atoms with Crippen molar-refractivity contribution in [2.45, 2.75) is 11.8 Å². The van der Waals surface area contributed by atoms with Gasteiger partial charge in [0, 0.05) is 16.6 Å². The Morgan fingerprint density at radius 2 is 1.84 bits per heavy atom. The average molecular weight is 373 g/mol. The summed E-state index contributed by atoms with van der Waals surface area (Å²) < 4.78 is 27.2. The molecule has 0 bridgehead atoms. The lowest BCUT2D eigenvalue weighted by molar-refractivity contribution is 0.102. The van der Waals surface area contributed by atoms with E-state index in [9.17, 15) is 13.2 Å². The predicted molar refractivity (Wildman–Crippen MR) is 98.5 cm³/mol. The molecule has 6 nitrogen and oxygen atoms in total. The van der Waals surface area contributed by atoms with Crippen molar-refractivity contribution in [2.75, 3.05) is 10.0 Å². The third-order valence-corrected chi connectivity index (χ3v) is 5.54. The van der Waals surface area contributed by atoms with Gasteiger partial charge in [-0.2, -0.15) is 0 Å². The number of nitrogens with one attached hydrogen (secondary N) is 2. The molecule has 0 aliphatic heterocycles. The van der Waals surface area contributed by atoms with Crippen LogP contribution >= 0.6 is 11.3 Å². The first kappa shape index (κ1) is 17.1. The van der Waals surface area contributed by atoms with Crippen LogP contribution in [0.2, 0.25) is 0 Å². The second-order valence-electron chi connectivity index (χ2n) is 5.25. The minimum Gasteiger partial charge on any atom is -0.298 e. The molecule has 0 aliphatic carbocycles. The molecule has 25 heavy (non-hydrogen) atoms. The van der Waals surface area contributed by atoms with Gasteiger partial charge in [-0.25, -0.2) is 13.4 Å². The summed E-state index contributed by atoms with van der Waals surface area (Å²) >= 11 is 1.33. The molecule has 1 heterocycles. The lowest BCUT2D eigenvalue weighted by Crippen LogP contribution is -2.15. The highest BCUT2D eigenvalue weighted by Crippen LogP contribution is 2.19. The lowest BCUT2D eigenvalue weighted by Gasteiger charge is -2.09. The zero-order valence-electron chi connectivity index (χ0n) is 13.3. The molecule has 0 fully saturated rings. The molecule has 0 saturated heterocycles. The van der Waals surface area contributed by atoms with Gasteiger partial charge >= 0.3 is 0 Å². The van der Waals surface area contributed by atoms with Crippen molar-refractivity contribution in [2.24, 2.45) is 0 Å². The average Bonchev–Trinajstić information content (AvgIpc) is 3.00. The molecule has 0 unspecified atom stereocenters. The first-order valence-electron chi connectivity index (χ1n) is 7.35. The zero-order valence-corrected chi connectivity index (χ0v) is 14.9. The van der Waals surface area contributed by atoms with Crippen molar-refractivity contribution < 1.29 is 13.2 Å². The number of amides is 1. The van der Waals surface area contributed by atoms with Crippen LogP contribution in [0.15, 0.2) is 64.9 Å². The minimum atomic E-state index is -3.70. The number of aryl methyl sites for hydroxylation is 1. The SMILES string of the molecule is Cc1csc(NC(=O)c2cccc(NS(=O)(=O)c3ccccc3)c2)n1. The van der Waals surface area contributed by atoms with Gasteiger partial charge in [0.2, 0.25) is 0 Å². The molecular weight excluding hydrogens is 358 g/mol. The van der Waals surface area contributed by atoms with Crippen molar-refractivity contribution in [1.82, 2.24) is 4.98 Å². The van der Waals surface area contributed by atoms with Crippen LogP contribution in [-0.4, -0.2) is 19.3 Å². The molecule has 3 rings (SSSR count). The van der Waals surface area contributed by atoms with Crippen LogP contribution in [0.4, 0.5) is 10.8 Å². The maximum absolute atomic E-state index is 12.4. The Morgan fingerprint density at radius 1 is 1.08 bits per heavy atom. The summed E-state index contributed by atoms with van der Waals surface area (Å²) in [6.45, 7) is 1.84. The van der Waals surface area contributed by atoms with Gasteiger partial charge in [0.1, 0.15) is 0 Å². The number of aromatic nitrogens is 1. The minimum absolute atomic E-state index is 0.156. The standard InChI is InChI=1S/C17H15N3O3S2/c1-12-11-24-17(18-12)19-16(21)13-6-5-7-14(10-13)20-25(22,23)15-8-3-2-4-9-15/h2-11,20H,1H3,(H,18,19,21). The van der Waals surface area contributed by atoms with Gasteiger partial charge in [-0.05, 0) is 37.3 Å². The Kier molecular flexibility index (Phi) is 4.82. The number of rotatable bonds is 5. The predicted octanol–water partition coefficient (Wildman–Crippen LogP) is 3.50. The zero-order chi connectivity index (χ0) is 17.9. The van der Waals surface area contributed by atoms with E-state index in [0.29, 0.717) is 16.4 Å². The number of benzene rings is 2. The highest BCUT2D eigenvalue weighted by atomic mass is 32.2. The van der Waals surface area contributed by atoms with Crippen LogP contribution in [0, 0.1) is 6.92 Å². The van der Waals surface area contributed by atoms with E-state index in [4.69, 9.17) is 0 Å². The molecule has 3 aromatic rings. The molecule has 1 aromatic heterocycles. The Hall–Kier alpha value is -2.71. The van der Waals surface area contributed by atoms with E-state index < -0.39 is 10.0 Å². The molecule has 2 N–H and O–H groups in total. The quantitative estimate of drug-likeness (QED) is 0.716. The molecule has 0 saturated carbocycles. The summed E-state index contributed by atoms with van der Waals surface area (Å²) in [5.41, 5.74) is 1.47. The van der Waals surface area contributed by atoms with Crippen LogP contribution in [0.5, 0.6) is 0 Å². The van der Waals surface area contributed by atoms with Gasteiger partial charge in [0.15, 0.2) is 5.13 Å². The van der Waals surface area contributed by atoms with Crippen LogP contribution in [0.3, 0.4) is 0 Å². The van der Waals surface area contributed by atoms with Gasteiger partial charge in [0.25, 0.3) is 15.9 Å². The van der Waals surface area contributed by atoms with Gasteiger partial charge in [-0.3, -0.25) is 14.8 Å². The largest absolute Gasteiger partial charge is 0.298 e. The fourth-order valence-corrected chi connectivity index (χ4v) is 3.87. The summed E-state index contributed by atoms with van der Waals surface area (Å²) in [5, 5.41) is 5.02. The van der Waals surface area contributed by atoms with E-state index in [1.54, 1.807) is 36.4 Å². The van der Waals surface area contributed by atoms with Crippen LogP contribution in [0.25, 0.3) is 0 Å². The van der Waals surface area contributed by atoms with E-state index in [0.717, 1.165) is 5.69 Å². The van der Waals surface area contributed by atoms with E-state index in [1.165, 1.54) is 29.5 Å². The summed E-state index contributed by atoms with van der Waals surface area (Å²) in [4.78, 5) is 16.6. The van der Waals surface area contributed by atoms with Crippen molar-refractivity contribution in [3.63, 3.8) is 0 Å². The lowest BCUT2D eigenvalue weighted by atomic mass is 10.2. The van der Waals surface area contributed by atoms with E-state index >= 15 is 0 Å². The second-order valence-corrected chi connectivity index (χ2v) is 7.79. The molecule has 1 amide bonds. The summed E-state index contributed by atoms with van der Waals surface area (Å²) in [6.07, 6.45) is 0. The number of thiazole rings is 1. The van der Waals surface area contributed by atoms with Gasteiger partial charge in [-0.15, -0.1) is 11.3 Å². The maximum Gasteiger partial charge on any atom is 0.261 e. The number of carbonyl (C=O) groups is 1. The number of nitrogens with zero attached hydrogens (tertiary/aromatic N) is 1. The fraction of sp³-hybridized carbons (Fsp3) is 0.0588. The monoisotopic (exact) mass is 373 g/mol. The Balaban J connectivity index is 1.78. The van der Waals surface area contributed by atoms with Gasteiger partial charge in [-0.1, -0.05) is 24.3 Å². The molecule has 128 valence electrons. The van der Waals surface area contributed by atoms with E-state index in [1.807, 2.05) is 12.3 Å². The highest BCUT2D eigenvalue weighted by Gasteiger charge is 2.15. The van der Waals surface area contributed by atoms with Crippen molar-refractivity contribution in [3.8, 4) is 0 Å². The smallest absolute Gasteiger partial charge is 0.261 e. The van der Waals surface area contributed by atoms with Crippen molar-refractivity contribution >= 4 is 38.1 Å². The summed E-state index contributed by atoms with van der Waals surface area (Å²) in [5.74, 6) is -0.352. The van der Waals surface area contributed by atoms with Gasteiger partial charge in [0.05, 0.1) is 10.6 Å². The molecule has 8 heteroatoms. The maximum atomic E-state index is 12.4. The van der Waals surface area contributed by atoms with Crippen molar-refractivity contribution in [3.05, 3.63) is 71.2 Å². The fourth-order valence-electron chi connectivity index (χ4n) is 2.12. The van der Waals surface area contributed by atoms with Crippen LogP contribution < -0.4 is 10.0 Å². The highest BCUT2D eigenvalue weighted by molar-refractivity contribution is 7.92. The summed E-state index contributed by atoms with van der Waals surface area (Å²) in [6, 6.07) is 14.3. The number of hydrogen-bond acceptors (Lipinski definition) is 5. The third-order valence-electron chi connectivity index (χ3n) is 3.27. The second kappa shape index (κ2) is 7.04. The van der Waals surface area contributed by atoms with E-state index in [-0.39, 0.29) is 10.8 Å². The first-order chi connectivity index (χ1) is 11.9. The Labute approximate surface area is 149 Å². The van der Waals surface area contributed by atoms with Crippen molar-refractivity contribution in [1.29, 1.82) is 0 Å². The number of hydrogen-bond donors (Lipinski definition) is 2. The Morgan fingerprint density at radius 3 is 2.52 bits per heavy atom. The van der Waals surface area contributed by atoms with Crippen LogP contribution in [0.1, 0.15) is 16.1 Å². The molecule has 2 aromatic carbocycles. The number of carbonyl (C=O) groups excluding carboxylic acids is 1. The molecule has 0 radical (unpaired) electrons. The number of sulfonamides is 1. The molecular formula is C17H15N3O3S2. The summed E-state index contributed by atoms with van der Waals surface area (Å²) in [7, 11) is -3.70. The molecule has 0 aliphatic rings. The topological polar surface area (TPSA) is 88.2 Å². The number of anilines is 2. The molecule has 0 spiro atoms. The Bertz CT molecular complexity index is 999. The van der Waals surface area contributed by atoms with E-state index in [2.05, 4.69) is 15.0 Å². The normalized spacial score (nSPS) is 11.1. The molecule has 0 atom stereocenters. The van der Waals surface area contributed by atoms with Crippen LogP contribution in [-0.2, 0) is 10.0 Å².